The third-order valence-electron chi connectivity index (χ3n) is 4.29. The van der Waals surface area contributed by atoms with E-state index in [1.54, 1.807) is 0 Å². The summed E-state index contributed by atoms with van der Waals surface area (Å²) in [4.78, 5) is 0. The summed E-state index contributed by atoms with van der Waals surface area (Å²) in [6.07, 6.45) is 2.03. The minimum atomic E-state index is -1.73. The van der Waals surface area contributed by atoms with Crippen LogP contribution in [0, 0.1) is 0 Å². The van der Waals surface area contributed by atoms with Crippen molar-refractivity contribution in [3.63, 3.8) is 0 Å². The molecule has 0 spiro atoms. The SMILES string of the molecule is C/C=C(\C)[C@](C)(O)[Si](C)(C)C(C)(C)C. The standard InChI is InChI=1S/C12H26OSi/c1-9-10(2)12(6,13)14(7,8)11(3,4)5/h9,13H,1-8H3/b10-9+/t12-/m1/s1. The number of allylic oxidation sites excluding steroid dienone is 1. The lowest BCUT2D eigenvalue weighted by Crippen LogP contribution is -2.58. The predicted molar refractivity (Wildman–Crippen MR) is 67.3 cm³/mol. The van der Waals surface area contributed by atoms with Gasteiger partial charge in [0.05, 0.1) is 13.3 Å². The summed E-state index contributed by atoms with van der Waals surface area (Å²) in [5.74, 6) is 0. The molecular formula is C12H26OSi. The highest BCUT2D eigenvalue weighted by Gasteiger charge is 2.49. The van der Waals surface area contributed by atoms with Crippen LogP contribution in [0.1, 0.15) is 41.5 Å². The smallest absolute Gasteiger partial charge is 0.0953 e. The molecule has 0 saturated heterocycles. The fourth-order valence-electron chi connectivity index (χ4n) is 1.50. The molecule has 0 rings (SSSR count). The maximum absolute atomic E-state index is 10.6. The van der Waals surface area contributed by atoms with Crippen LogP contribution in [-0.2, 0) is 0 Å². The molecule has 1 nitrogen and oxygen atoms in total. The molecule has 0 radical (unpaired) electrons. The Bertz CT molecular complexity index is 231. The Kier molecular flexibility index (Phi) is 3.80. The number of aliphatic hydroxyl groups is 1. The first-order chi connectivity index (χ1) is 5.98. The van der Waals surface area contributed by atoms with Crippen LogP contribution in [0.3, 0.4) is 0 Å². The molecule has 0 amide bonds. The van der Waals surface area contributed by atoms with Crippen LogP contribution in [-0.4, -0.2) is 18.4 Å². The molecule has 14 heavy (non-hydrogen) atoms. The molecule has 84 valence electrons. The van der Waals surface area contributed by atoms with E-state index in [9.17, 15) is 5.11 Å². The summed E-state index contributed by atoms with van der Waals surface area (Å²) < 4.78 is 0. The van der Waals surface area contributed by atoms with Crippen LogP contribution in [0.5, 0.6) is 0 Å². The molecule has 0 aliphatic rings. The molecule has 0 aromatic carbocycles. The monoisotopic (exact) mass is 214 g/mol. The predicted octanol–water partition coefficient (Wildman–Crippen LogP) is 3.75. The van der Waals surface area contributed by atoms with Gasteiger partial charge in [-0.25, -0.2) is 0 Å². The van der Waals surface area contributed by atoms with E-state index in [1.165, 1.54) is 0 Å². The molecule has 0 fully saturated rings. The van der Waals surface area contributed by atoms with Gasteiger partial charge in [0, 0.05) is 0 Å². The van der Waals surface area contributed by atoms with E-state index >= 15 is 0 Å². The molecule has 0 bridgehead atoms. The molecule has 0 aromatic heterocycles. The topological polar surface area (TPSA) is 20.2 Å². The molecule has 0 aliphatic carbocycles. The van der Waals surface area contributed by atoms with Crippen LogP contribution >= 0.6 is 0 Å². The molecule has 0 unspecified atom stereocenters. The van der Waals surface area contributed by atoms with Crippen molar-refractivity contribution in [1.29, 1.82) is 0 Å². The molecular weight excluding hydrogens is 188 g/mol. The van der Waals surface area contributed by atoms with E-state index in [1.807, 2.05) is 26.8 Å². The van der Waals surface area contributed by atoms with Crippen LogP contribution in [0.25, 0.3) is 0 Å². The zero-order valence-electron chi connectivity index (χ0n) is 11.0. The first-order valence-corrected chi connectivity index (χ1v) is 8.34. The molecule has 0 saturated carbocycles. The molecule has 1 atom stereocenters. The van der Waals surface area contributed by atoms with Crippen molar-refractivity contribution < 1.29 is 5.11 Å². The van der Waals surface area contributed by atoms with Gasteiger partial charge in [-0.2, -0.15) is 0 Å². The average molecular weight is 214 g/mol. The maximum atomic E-state index is 10.6. The van der Waals surface area contributed by atoms with Gasteiger partial charge in [0.15, 0.2) is 0 Å². The number of hydrogen-bond acceptors (Lipinski definition) is 1. The van der Waals surface area contributed by atoms with Gasteiger partial charge in [-0.3, -0.25) is 0 Å². The highest BCUT2D eigenvalue weighted by atomic mass is 28.3. The lowest BCUT2D eigenvalue weighted by atomic mass is 10.2. The Labute approximate surface area is 90.2 Å². The van der Waals surface area contributed by atoms with Crippen molar-refractivity contribution in [2.24, 2.45) is 0 Å². The zero-order chi connectivity index (χ0) is 11.8. The van der Waals surface area contributed by atoms with E-state index in [2.05, 4.69) is 33.9 Å². The van der Waals surface area contributed by atoms with Crippen LogP contribution < -0.4 is 0 Å². The van der Waals surface area contributed by atoms with Gasteiger partial charge in [-0.1, -0.05) is 39.9 Å². The number of rotatable bonds is 2. The van der Waals surface area contributed by atoms with Gasteiger partial charge in [-0.15, -0.1) is 0 Å². The van der Waals surface area contributed by atoms with Crippen molar-refractivity contribution in [3.05, 3.63) is 11.6 Å². The van der Waals surface area contributed by atoms with Crippen molar-refractivity contribution in [3.8, 4) is 0 Å². The Morgan fingerprint density at radius 1 is 1.14 bits per heavy atom. The normalized spacial score (nSPS) is 19.4. The Morgan fingerprint density at radius 3 is 1.71 bits per heavy atom. The quantitative estimate of drug-likeness (QED) is 0.548. The first-order valence-electron chi connectivity index (χ1n) is 5.34. The van der Waals surface area contributed by atoms with Crippen molar-refractivity contribution >= 4 is 8.07 Å². The van der Waals surface area contributed by atoms with E-state index in [-0.39, 0.29) is 5.04 Å². The Balaban J connectivity index is 5.29. The lowest BCUT2D eigenvalue weighted by Gasteiger charge is -2.48. The van der Waals surface area contributed by atoms with Crippen LogP contribution in [0.2, 0.25) is 18.1 Å². The minimum Gasteiger partial charge on any atom is -0.389 e. The van der Waals surface area contributed by atoms with E-state index in [0.717, 1.165) is 5.57 Å². The minimum absolute atomic E-state index is 0.209. The van der Waals surface area contributed by atoms with Crippen molar-refractivity contribution in [2.75, 3.05) is 0 Å². The van der Waals surface area contributed by atoms with Gasteiger partial charge in [0.2, 0.25) is 0 Å². The van der Waals surface area contributed by atoms with Gasteiger partial charge in [0.1, 0.15) is 0 Å². The van der Waals surface area contributed by atoms with Gasteiger partial charge >= 0.3 is 0 Å². The second kappa shape index (κ2) is 3.82. The second-order valence-corrected chi connectivity index (χ2v) is 11.6. The molecule has 0 aromatic rings. The average Bonchev–Trinajstić information content (AvgIpc) is 2.00. The molecule has 0 heterocycles. The highest BCUT2D eigenvalue weighted by molar-refractivity contribution is 6.83. The van der Waals surface area contributed by atoms with Crippen molar-refractivity contribution in [1.82, 2.24) is 0 Å². The van der Waals surface area contributed by atoms with Crippen LogP contribution in [0.4, 0.5) is 0 Å². The summed E-state index contributed by atoms with van der Waals surface area (Å²) in [6, 6.07) is 0. The van der Waals surface area contributed by atoms with Crippen LogP contribution in [0.15, 0.2) is 11.6 Å². The molecule has 1 N–H and O–H groups in total. The van der Waals surface area contributed by atoms with Gasteiger partial charge < -0.3 is 5.11 Å². The third kappa shape index (κ3) is 2.11. The summed E-state index contributed by atoms with van der Waals surface area (Å²) in [7, 11) is -1.73. The first kappa shape index (κ1) is 13.9. The highest BCUT2D eigenvalue weighted by Crippen LogP contribution is 2.45. The van der Waals surface area contributed by atoms with Gasteiger partial charge in [-0.05, 0) is 31.4 Å². The second-order valence-electron chi connectivity index (χ2n) is 5.92. The van der Waals surface area contributed by atoms with Crippen molar-refractivity contribution in [2.45, 2.75) is 64.9 Å². The summed E-state index contributed by atoms with van der Waals surface area (Å²) in [5.41, 5.74) is 1.10. The summed E-state index contributed by atoms with van der Waals surface area (Å²) in [6.45, 7) is 17.2. The molecule has 2 heteroatoms. The van der Waals surface area contributed by atoms with Gasteiger partial charge in [0.25, 0.3) is 0 Å². The largest absolute Gasteiger partial charge is 0.389 e. The van der Waals surface area contributed by atoms with E-state index in [0.29, 0.717) is 0 Å². The fourth-order valence-corrected chi connectivity index (χ4v) is 4.09. The maximum Gasteiger partial charge on any atom is 0.0953 e. The van der Waals surface area contributed by atoms with E-state index < -0.39 is 13.3 Å². The summed E-state index contributed by atoms with van der Waals surface area (Å²) in [5, 5.41) is 10.2. The Hall–Kier alpha value is -0.0831. The van der Waals surface area contributed by atoms with E-state index in [4.69, 9.17) is 0 Å². The number of hydrogen-bond donors (Lipinski definition) is 1. The zero-order valence-corrected chi connectivity index (χ0v) is 12.0. The molecule has 0 aliphatic heterocycles. The Morgan fingerprint density at radius 2 is 1.50 bits per heavy atom. The lowest BCUT2D eigenvalue weighted by molar-refractivity contribution is 0.168. The fraction of sp³-hybridized carbons (Fsp3) is 0.833. The summed E-state index contributed by atoms with van der Waals surface area (Å²) >= 11 is 0. The third-order valence-corrected chi connectivity index (χ3v) is 10.9.